The number of hydrogen-bond acceptors (Lipinski definition) is 4. The van der Waals surface area contributed by atoms with Gasteiger partial charge in [-0.25, -0.2) is 13.4 Å². The lowest BCUT2D eigenvalue weighted by Crippen LogP contribution is -2.30. The summed E-state index contributed by atoms with van der Waals surface area (Å²) in [5, 5.41) is 2.88. The lowest BCUT2D eigenvalue weighted by molar-refractivity contribution is 0.0951. The molecule has 0 aliphatic rings. The van der Waals surface area contributed by atoms with E-state index in [4.69, 9.17) is 0 Å². The van der Waals surface area contributed by atoms with Gasteiger partial charge in [0.2, 0.25) is 0 Å². The Morgan fingerprint density at radius 2 is 1.66 bits per heavy atom. The van der Waals surface area contributed by atoms with Gasteiger partial charge in [0.15, 0.2) is 0 Å². The first-order chi connectivity index (χ1) is 15.5. The standard InChI is InChI=1S/C24H22N4O3S/c1-27(32(30,31)21-7-3-2-4-8-21)23-10-6-5-9-22(23)24(29)26-17-19-11-13-20(14-12-19)28-16-15-25-18-28/h2-16,18H,17H2,1H3,(H,26,29). The van der Waals surface area contributed by atoms with Crippen molar-refractivity contribution < 1.29 is 13.2 Å². The molecule has 0 spiro atoms. The number of amides is 1. The van der Waals surface area contributed by atoms with Crippen molar-refractivity contribution in [3.63, 3.8) is 0 Å². The summed E-state index contributed by atoms with van der Waals surface area (Å²) in [6.45, 7) is 0.312. The summed E-state index contributed by atoms with van der Waals surface area (Å²) in [5.41, 5.74) is 2.48. The molecule has 0 saturated heterocycles. The van der Waals surface area contributed by atoms with Crippen LogP contribution in [0.4, 0.5) is 5.69 Å². The van der Waals surface area contributed by atoms with Gasteiger partial charge in [-0.05, 0) is 42.0 Å². The number of aromatic nitrogens is 2. The summed E-state index contributed by atoms with van der Waals surface area (Å²) in [6.07, 6.45) is 5.28. The van der Waals surface area contributed by atoms with Gasteiger partial charge in [-0.3, -0.25) is 9.10 Å². The number of carbonyl (C=O) groups is 1. The molecule has 0 fully saturated rings. The van der Waals surface area contributed by atoms with Gasteiger partial charge in [-0.2, -0.15) is 0 Å². The van der Waals surface area contributed by atoms with Crippen LogP contribution < -0.4 is 9.62 Å². The van der Waals surface area contributed by atoms with Crippen LogP contribution in [0.1, 0.15) is 15.9 Å². The molecule has 0 atom stereocenters. The van der Waals surface area contributed by atoms with Gasteiger partial charge in [0, 0.05) is 31.7 Å². The molecule has 162 valence electrons. The number of hydrogen-bond donors (Lipinski definition) is 1. The van der Waals surface area contributed by atoms with Crippen molar-refractivity contribution in [1.82, 2.24) is 14.9 Å². The summed E-state index contributed by atoms with van der Waals surface area (Å²) in [7, 11) is -2.35. The second kappa shape index (κ2) is 9.07. The predicted octanol–water partition coefficient (Wildman–Crippen LogP) is 3.63. The van der Waals surface area contributed by atoms with Gasteiger partial charge in [0.25, 0.3) is 15.9 Å². The van der Waals surface area contributed by atoms with E-state index in [-0.39, 0.29) is 16.4 Å². The van der Waals surface area contributed by atoms with Crippen molar-refractivity contribution in [3.8, 4) is 5.69 Å². The summed E-state index contributed by atoms with van der Waals surface area (Å²) >= 11 is 0. The fourth-order valence-electron chi connectivity index (χ4n) is 3.30. The van der Waals surface area contributed by atoms with E-state index in [1.54, 1.807) is 55.0 Å². The van der Waals surface area contributed by atoms with Crippen molar-refractivity contribution in [2.75, 3.05) is 11.4 Å². The smallest absolute Gasteiger partial charge is 0.264 e. The van der Waals surface area contributed by atoms with Gasteiger partial charge < -0.3 is 9.88 Å². The second-order valence-corrected chi connectivity index (χ2v) is 9.09. The topological polar surface area (TPSA) is 84.3 Å². The summed E-state index contributed by atoms with van der Waals surface area (Å²) in [5.74, 6) is -0.352. The van der Waals surface area contributed by atoms with Gasteiger partial charge >= 0.3 is 0 Å². The maximum Gasteiger partial charge on any atom is 0.264 e. The Morgan fingerprint density at radius 3 is 2.34 bits per heavy atom. The average Bonchev–Trinajstić information content (AvgIpc) is 3.38. The molecule has 0 aliphatic heterocycles. The molecule has 0 aliphatic carbocycles. The highest BCUT2D eigenvalue weighted by atomic mass is 32.2. The molecule has 0 saturated carbocycles. The number of rotatable bonds is 7. The fourth-order valence-corrected chi connectivity index (χ4v) is 4.53. The number of para-hydroxylation sites is 1. The van der Waals surface area contributed by atoms with E-state index < -0.39 is 10.0 Å². The summed E-state index contributed by atoms with van der Waals surface area (Å²) in [6, 6.07) is 22.5. The van der Waals surface area contributed by atoms with Crippen LogP contribution in [0.15, 0.2) is 102 Å². The van der Waals surface area contributed by atoms with Gasteiger partial charge in [0.1, 0.15) is 0 Å². The first-order valence-electron chi connectivity index (χ1n) is 9.95. The van der Waals surface area contributed by atoms with Crippen LogP contribution in [0.5, 0.6) is 0 Å². The van der Waals surface area contributed by atoms with Gasteiger partial charge in [-0.15, -0.1) is 0 Å². The van der Waals surface area contributed by atoms with E-state index in [2.05, 4.69) is 10.3 Å². The third-order valence-electron chi connectivity index (χ3n) is 5.08. The minimum absolute atomic E-state index is 0.163. The van der Waals surface area contributed by atoms with Crippen molar-refractivity contribution in [2.24, 2.45) is 0 Å². The zero-order chi connectivity index (χ0) is 22.6. The number of sulfonamides is 1. The average molecular weight is 447 g/mol. The Morgan fingerprint density at radius 1 is 0.969 bits per heavy atom. The zero-order valence-electron chi connectivity index (χ0n) is 17.4. The molecule has 32 heavy (non-hydrogen) atoms. The van der Waals surface area contributed by atoms with Crippen LogP contribution in [-0.2, 0) is 16.6 Å². The molecule has 8 heteroatoms. The number of nitrogens with one attached hydrogen (secondary N) is 1. The highest BCUT2D eigenvalue weighted by Crippen LogP contribution is 2.25. The Kier molecular flexibility index (Phi) is 6.04. The van der Waals surface area contributed by atoms with E-state index in [1.165, 1.54) is 19.2 Å². The van der Waals surface area contributed by atoms with Crippen molar-refractivity contribution in [1.29, 1.82) is 0 Å². The largest absolute Gasteiger partial charge is 0.348 e. The molecule has 4 aromatic rings. The van der Waals surface area contributed by atoms with Crippen molar-refractivity contribution >= 4 is 21.6 Å². The van der Waals surface area contributed by atoms with Gasteiger partial charge in [-0.1, -0.05) is 42.5 Å². The Balaban J connectivity index is 1.50. The molecule has 7 nitrogen and oxygen atoms in total. The van der Waals surface area contributed by atoms with Crippen LogP contribution in [0.25, 0.3) is 5.69 Å². The van der Waals surface area contributed by atoms with E-state index in [1.807, 2.05) is 35.0 Å². The fraction of sp³-hybridized carbons (Fsp3) is 0.0833. The highest BCUT2D eigenvalue weighted by molar-refractivity contribution is 7.92. The Hall–Kier alpha value is -3.91. The molecule has 3 aromatic carbocycles. The van der Waals surface area contributed by atoms with Crippen LogP contribution in [0.2, 0.25) is 0 Å². The van der Waals surface area contributed by atoms with Crippen molar-refractivity contribution in [2.45, 2.75) is 11.4 Å². The molecule has 0 unspecified atom stereocenters. The van der Waals surface area contributed by atoms with Crippen molar-refractivity contribution in [3.05, 3.63) is 109 Å². The number of nitrogens with zero attached hydrogens (tertiary/aromatic N) is 3. The monoisotopic (exact) mass is 446 g/mol. The normalized spacial score (nSPS) is 11.2. The Bertz CT molecular complexity index is 1300. The van der Waals surface area contributed by atoms with E-state index >= 15 is 0 Å². The molecule has 0 bridgehead atoms. The minimum atomic E-state index is -3.80. The van der Waals surface area contributed by atoms with E-state index in [0.717, 1.165) is 15.6 Å². The molecule has 1 aromatic heterocycles. The van der Waals surface area contributed by atoms with E-state index in [9.17, 15) is 13.2 Å². The lowest BCUT2D eigenvalue weighted by atomic mass is 10.1. The molecule has 4 rings (SSSR count). The molecule has 0 radical (unpaired) electrons. The van der Waals surface area contributed by atoms with Crippen LogP contribution in [-0.4, -0.2) is 30.9 Å². The Labute approximate surface area is 187 Å². The zero-order valence-corrected chi connectivity index (χ0v) is 18.2. The molecule has 1 heterocycles. The summed E-state index contributed by atoms with van der Waals surface area (Å²) in [4.78, 5) is 17.1. The van der Waals surface area contributed by atoms with E-state index in [0.29, 0.717) is 12.2 Å². The third-order valence-corrected chi connectivity index (χ3v) is 6.87. The maximum atomic E-state index is 13.0. The molecular weight excluding hydrogens is 424 g/mol. The highest BCUT2D eigenvalue weighted by Gasteiger charge is 2.24. The van der Waals surface area contributed by atoms with Crippen LogP contribution in [0, 0.1) is 0 Å². The number of anilines is 1. The molecule has 1 amide bonds. The number of imidazole rings is 1. The van der Waals surface area contributed by atoms with Gasteiger partial charge in [0.05, 0.1) is 22.5 Å². The van der Waals surface area contributed by atoms with Crippen LogP contribution >= 0.6 is 0 Å². The SMILES string of the molecule is CN(c1ccccc1C(=O)NCc1ccc(-n2ccnc2)cc1)S(=O)(=O)c1ccccc1. The lowest BCUT2D eigenvalue weighted by Gasteiger charge is -2.22. The van der Waals surface area contributed by atoms with Crippen LogP contribution in [0.3, 0.4) is 0 Å². The first kappa shape index (κ1) is 21.3. The first-order valence-corrected chi connectivity index (χ1v) is 11.4. The minimum Gasteiger partial charge on any atom is -0.348 e. The summed E-state index contributed by atoms with van der Waals surface area (Å²) < 4.78 is 29.0. The molecular formula is C24H22N4O3S. The quantitative estimate of drug-likeness (QED) is 0.470. The second-order valence-electron chi connectivity index (χ2n) is 7.12. The molecule has 1 N–H and O–H groups in total. The number of carbonyl (C=O) groups excluding carboxylic acids is 1. The third kappa shape index (κ3) is 4.40. The maximum absolute atomic E-state index is 13.0. The predicted molar refractivity (Wildman–Crippen MR) is 123 cm³/mol. The number of benzene rings is 3.